The summed E-state index contributed by atoms with van der Waals surface area (Å²) in [6.07, 6.45) is -5.99. The van der Waals surface area contributed by atoms with Gasteiger partial charge in [-0.3, -0.25) is 0 Å². The van der Waals surface area contributed by atoms with Crippen LogP contribution in [0.25, 0.3) is 0 Å². The molecule has 1 amide bonds. The number of carbonyl (C=O) groups is 1. The van der Waals surface area contributed by atoms with Gasteiger partial charge in [-0.15, -0.1) is 0 Å². The number of aliphatic hydroxyl groups is 5. The molecule has 11 atom stereocenters. The van der Waals surface area contributed by atoms with Crippen molar-refractivity contribution in [1.29, 1.82) is 0 Å². The number of aliphatic hydroxyl groups excluding tert-OH is 4. The van der Waals surface area contributed by atoms with Gasteiger partial charge in [-0.05, 0) is 30.9 Å². The molecule has 8 N–H and O–H groups in total. The average molecular weight is 597 g/mol. The molecular weight excluding hydrogens is 548 g/mol. The van der Waals surface area contributed by atoms with Crippen LogP contribution >= 0.6 is 0 Å². The molecule has 0 bridgehead atoms. The maximum atomic E-state index is 12.8. The van der Waals surface area contributed by atoms with Crippen molar-refractivity contribution in [1.82, 2.24) is 5.32 Å². The lowest BCUT2D eigenvalue weighted by Gasteiger charge is -2.46. The van der Waals surface area contributed by atoms with Crippen LogP contribution in [0.5, 0.6) is 5.75 Å². The van der Waals surface area contributed by atoms with Crippen molar-refractivity contribution in [2.45, 2.75) is 121 Å². The molecule has 0 radical (unpaired) electrons. The van der Waals surface area contributed by atoms with Crippen molar-refractivity contribution in [2.24, 2.45) is 17.6 Å². The number of hydrogen-bond acceptors (Lipinski definition) is 11. The Balaban J connectivity index is 1.87. The lowest BCUT2D eigenvalue weighted by Crippen LogP contribution is -2.63. The summed E-state index contributed by atoms with van der Waals surface area (Å²) in [4.78, 5) is 12.8. The Morgan fingerprint density at radius 2 is 1.81 bits per heavy atom. The third-order valence-corrected chi connectivity index (χ3v) is 7.63. The Morgan fingerprint density at radius 3 is 2.43 bits per heavy atom. The molecule has 3 rings (SSSR count). The van der Waals surface area contributed by atoms with Crippen LogP contribution in [0.3, 0.4) is 0 Å². The molecule has 0 spiro atoms. The number of para-hydroxylation sites is 1. The largest absolute Gasteiger partial charge is 0.413 e. The molecule has 238 valence electrons. The van der Waals surface area contributed by atoms with Crippen molar-refractivity contribution >= 4 is 6.09 Å². The molecule has 2 saturated heterocycles. The number of allylic oxidation sites excluding steroid dienone is 1. The van der Waals surface area contributed by atoms with Crippen LogP contribution in [-0.2, 0) is 14.2 Å². The highest BCUT2D eigenvalue weighted by Gasteiger charge is 2.49. The molecule has 6 unspecified atom stereocenters. The van der Waals surface area contributed by atoms with Crippen LogP contribution in [0.4, 0.5) is 4.79 Å². The fourth-order valence-corrected chi connectivity index (χ4v) is 5.05. The third-order valence-electron chi connectivity index (χ3n) is 7.63. The Labute approximate surface area is 247 Å². The standard InChI is InChI=1S/C30H48N2O10/c1-16(2)11-12-20(40-28-27(36)24(31)26(35)18(5)39-28)13-23-25(32-29(37)41-19-9-7-6-8-10-19)22(34)15-30(38,42-23)14-21(33)17(3)4/h6-12,16-18,20-28,33-36,38H,13-15,31H2,1-5H3,(H,32,37)/b12-11+/t18?,20-,21+,22-,23?,24?,25+,26?,27?,28?,30+/m0/s1. The summed E-state index contributed by atoms with van der Waals surface area (Å²) >= 11 is 0. The molecule has 1 aromatic carbocycles. The summed E-state index contributed by atoms with van der Waals surface area (Å²) in [7, 11) is 0. The summed E-state index contributed by atoms with van der Waals surface area (Å²) < 4.78 is 23.3. The molecule has 2 aliphatic rings. The smallest absolute Gasteiger partial charge is 0.410 e. The summed E-state index contributed by atoms with van der Waals surface area (Å²) in [6, 6.07) is 6.37. The van der Waals surface area contributed by atoms with Gasteiger partial charge >= 0.3 is 6.09 Å². The highest BCUT2D eigenvalue weighted by atomic mass is 16.7. The minimum absolute atomic E-state index is 0.00456. The van der Waals surface area contributed by atoms with Crippen molar-refractivity contribution in [2.75, 3.05) is 0 Å². The molecular formula is C30H48N2O10. The number of benzene rings is 1. The van der Waals surface area contributed by atoms with E-state index in [0.717, 1.165) is 0 Å². The van der Waals surface area contributed by atoms with Gasteiger partial charge in [-0.25, -0.2) is 4.79 Å². The van der Waals surface area contributed by atoms with Crippen LogP contribution in [0.2, 0.25) is 0 Å². The number of nitrogens with two attached hydrogens (primary N) is 1. The van der Waals surface area contributed by atoms with E-state index in [1.54, 1.807) is 57.2 Å². The van der Waals surface area contributed by atoms with Gasteiger partial charge in [-0.2, -0.15) is 0 Å². The van der Waals surface area contributed by atoms with E-state index in [-0.39, 0.29) is 31.1 Å². The second kappa shape index (κ2) is 15.0. The molecule has 42 heavy (non-hydrogen) atoms. The van der Waals surface area contributed by atoms with Gasteiger partial charge in [0.15, 0.2) is 12.1 Å². The molecule has 0 aromatic heterocycles. The van der Waals surface area contributed by atoms with Crippen LogP contribution in [0.15, 0.2) is 42.5 Å². The van der Waals surface area contributed by atoms with E-state index in [2.05, 4.69) is 5.32 Å². The number of ether oxygens (including phenoxy) is 4. The summed E-state index contributed by atoms with van der Waals surface area (Å²) in [5.41, 5.74) is 6.00. The summed E-state index contributed by atoms with van der Waals surface area (Å²) in [5, 5.41) is 56.6. The minimum Gasteiger partial charge on any atom is -0.410 e. The molecule has 12 heteroatoms. The Bertz CT molecular complexity index is 1010. The molecule has 2 heterocycles. The van der Waals surface area contributed by atoms with Crippen molar-refractivity contribution in [3.63, 3.8) is 0 Å². The van der Waals surface area contributed by atoms with Crippen LogP contribution in [-0.4, -0.2) is 98.5 Å². The fraction of sp³-hybridized carbons (Fsp3) is 0.700. The van der Waals surface area contributed by atoms with Gasteiger partial charge in [0.1, 0.15) is 11.9 Å². The Morgan fingerprint density at radius 1 is 1.14 bits per heavy atom. The zero-order valence-corrected chi connectivity index (χ0v) is 24.9. The third kappa shape index (κ3) is 9.43. The predicted octanol–water partition coefficient (Wildman–Crippen LogP) is 1.17. The predicted molar refractivity (Wildman–Crippen MR) is 153 cm³/mol. The van der Waals surface area contributed by atoms with Gasteiger partial charge in [0.05, 0.1) is 48.7 Å². The second-order valence-corrected chi connectivity index (χ2v) is 12.1. The quantitative estimate of drug-likeness (QED) is 0.181. The van der Waals surface area contributed by atoms with E-state index in [0.29, 0.717) is 5.75 Å². The molecule has 12 nitrogen and oxygen atoms in total. The molecule has 1 aromatic rings. The number of carbonyl (C=O) groups excluding carboxylic acids is 1. The minimum atomic E-state index is -1.90. The number of hydrogen-bond donors (Lipinski definition) is 7. The average Bonchev–Trinajstić information content (AvgIpc) is 2.91. The normalized spacial score (nSPS) is 35.4. The topological polar surface area (TPSA) is 193 Å². The highest BCUT2D eigenvalue weighted by molar-refractivity contribution is 5.70. The Hall–Kier alpha value is -2.13. The summed E-state index contributed by atoms with van der Waals surface area (Å²) in [5.74, 6) is -1.65. The first-order chi connectivity index (χ1) is 19.7. The zero-order valence-electron chi connectivity index (χ0n) is 24.9. The lowest BCUT2D eigenvalue weighted by molar-refractivity contribution is -0.303. The molecule has 0 aliphatic carbocycles. The van der Waals surface area contributed by atoms with E-state index < -0.39 is 73.0 Å². The number of nitrogens with one attached hydrogen (secondary N) is 1. The van der Waals surface area contributed by atoms with Crippen LogP contribution < -0.4 is 15.8 Å². The molecule has 2 fully saturated rings. The van der Waals surface area contributed by atoms with Gasteiger partial charge < -0.3 is 55.5 Å². The highest BCUT2D eigenvalue weighted by Crippen LogP contribution is 2.35. The van der Waals surface area contributed by atoms with Gasteiger partial charge in [0.25, 0.3) is 0 Å². The van der Waals surface area contributed by atoms with Crippen LogP contribution in [0, 0.1) is 11.8 Å². The zero-order chi connectivity index (χ0) is 31.2. The van der Waals surface area contributed by atoms with Crippen molar-refractivity contribution in [3.05, 3.63) is 42.5 Å². The fourth-order valence-electron chi connectivity index (χ4n) is 5.05. The maximum Gasteiger partial charge on any atom is 0.413 e. The van der Waals surface area contributed by atoms with Crippen molar-refractivity contribution in [3.8, 4) is 5.75 Å². The van der Waals surface area contributed by atoms with E-state index in [9.17, 15) is 30.3 Å². The van der Waals surface area contributed by atoms with E-state index in [4.69, 9.17) is 24.7 Å². The maximum absolute atomic E-state index is 12.8. The first kappa shape index (κ1) is 34.4. The Kier molecular flexibility index (Phi) is 12.3. The van der Waals surface area contributed by atoms with Gasteiger partial charge in [0, 0.05) is 19.3 Å². The second-order valence-electron chi connectivity index (χ2n) is 12.1. The molecule has 0 saturated carbocycles. The van der Waals surface area contributed by atoms with E-state index >= 15 is 0 Å². The number of rotatable bonds is 11. The first-order valence-electron chi connectivity index (χ1n) is 14.6. The SMILES string of the molecule is CC(C)/C=C/[C@@H](CC1O[C@](O)(C[C@@H](O)C(C)C)C[C@H](O)[C@H]1NC(=O)Oc1ccccc1)OC1OC(C)C(O)C(N)C1O. The molecule has 2 aliphatic heterocycles. The van der Waals surface area contributed by atoms with Crippen LogP contribution in [0.1, 0.15) is 53.9 Å². The van der Waals surface area contributed by atoms with E-state index in [1.807, 2.05) is 19.9 Å². The van der Waals surface area contributed by atoms with Crippen molar-refractivity contribution < 1.29 is 49.3 Å². The first-order valence-corrected chi connectivity index (χ1v) is 14.6. The lowest BCUT2D eigenvalue weighted by atomic mass is 9.86. The number of amides is 1. The van der Waals surface area contributed by atoms with E-state index in [1.165, 1.54) is 0 Å². The van der Waals surface area contributed by atoms with Gasteiger partial charge in [0.2, 0.25) is 0 Å². The summed E-state index contributed by atoms with van der Waals surface area (Å²) in [6.45, 7) is 9.14. The van der Waals surface area contributed by atoms with Gasteiger partial charge in [-0.1, -0.05) is 58.0 Å². The monoisotopic (exact) mass is 596 g/mol.